The second-order valence-corrected chi connectivity index (χ2v) is 7.33. The first-order valence-corrected chi connectivity index (χ1v) is 8.31. The van der Waals surface area contributed by atoms with E-state index in [1.165, 1.54) is 6.42 Å². The van der Waals surface area contributed by atoms with Crippen LogP contribution in [0.3, 0.4) is 0 Å². The highest BCUT2D eigenvalue weighted by molar-refractivity contribution is 9.11. The van der Waals surface area contributed by atoms with Gasteiger partial charge in [0.15, 0.2) is 5.78 Å². The molecule has 0 aromatic heterocycles. The lowest BCUT2D eigenvalue weighted by Crippen LogP contribution is -2.47. The highest BCUT2D eigenvalue weighted by Gasteiger charge is 2.44. The molecule has 1 spiro atoms. The second kappa shape index (κ2) is 5.30. The molecule has 0 N–H and O–H groups in total. The molecule has 1 heterocycles. The van der Waals surface area contributed by atoms with E-state index in [1.54, 1.807) is 0 Å². The number of halogens is 2. The maximum atomic E-state index is 12.7. The quantitative estimate of drug-likeness (QED) is 0.685. The average molecular weight is 388 g/mol. The molecule has 1 saturated heterocycles. The van der Waals surface area contributed by atoms with E-state index in [-0.39, 0.29) is 17.3 Å². The Morgan fingerprint density at radius 1 is 1.32 bits per heavy atom. The van der Waals surface area contributed by atoms with Gasteiger partial charge in [-0.3, -0.25) is 4.79 Å². The third kappa shape index (κ3) is 2.67. The summed E-state index contributed by atoms with van der Waals surface area (Å²) in [4.78, 5) is 12.7. The van der Waals surface area contributed by atoms with E-state index in [1.807, 2.05) is 18.2 Å². The first kappa shape index (κ1) is 13.8. The molecule has 19 heavy (non-hydrogen) atoms. The van der Waals surface area contributed by atoms with Gasteiger partial charge in [-0.2, -0.15) is 0 Å². The van der Waals surface area contributed by atoms with Crippen LogP contribution >= 0.6 is 31.9 Å². The van der Waals surface area contributed by atoms with Crippen molar-refractivity contribution in [2.75, 3.05) is 6.61 Å². The summed E-state index contributed by atoms with van der Waals surface area (Å²) in [6.45, 7) is 0.727. The summed E-state index contributed by atoms with van der Waals surface area (Å²) in [5.74, 6) is 0.375. The Balaban J connectivity index is 1.79. The molecule has 4 heteroatoms. The number of hydrogen-bond donors (Lipinski definition) is 0. The van der Waals surface area contributed by atoms with E-state index in [2.05, 4.69) is 31.9 Å². The molecule has 1 atom stereocenters. The normalized spacial score (nSPS) is 25.1. The third-order valence-electron chi connectivity index (χ3n) is 4.33. The topological polar surface area (TPSA) is 26.3 Å². The molecule has 1 aliphatic heterocycles. The van der Waals surface area contributed by atoms with Gasteiger partial charge in [0.2, 0.25) is 0 Å². The summed E-state index contributed by atoms with van der Waals surface area (Å²) in [7, 11) is 0. The number of carbonyl (C=O) groups excluding carboxylic acids is 1. The molecule has 1 aromatic carbocycles. The predicted molar refractivity (Wildman–Crippen MR) is 81.4 cm³/mol. The van der Waals surface area contributed by atoms with Crippen LogP contribution in [-0.2, 0) is 4.74 Å². The first-order valence-electron chi connectivity index (χ1n) is 6.73. The minimum Gasteiger partial charge on any atom is -0.375 e. The average Bonchev–Trinajstić information content (AvgIpc) is 2.36. The van der Waals surface area contributed by atoms with Gasteiger partial charge in [0.25, 0.3) is 0 Å². The molecule has 2 nitrogen and oxygen atoms in total. The number of hydrogen-bond acceptors (Lipinski definition) is 2. The molecular weight excluding hydrogens is 372 g/mol. The van der Waals surface area contributed by atoms with Crippen molar-refractivity contribution in [3.8, 4) is 0 Å². The van der Waals surface area contributed by atoms with E-state index >= 15 is 0 Å². The van der Waals surface area contributed by atoms with Gasteiger partial charge in [0.1, 0.15) is 0 Å². The maximum absolute atomic E-state index is 12.7. The fraction of sp³-hybridized carbons (Fsp3) is 0.533. The Bertz CT molecular complexity index is 509. The van der Waals surface area contributed by atoms with Crippen LogP contribution in [0.15, 0.2) is 27.1 Å². The lowest BCUT2D eigenvalue weighted by molar-refractivity contribution is -0.137. The summed E-state index contributed by atoms with van der Waals surface area (Å²) in [5, 5.41) is 0. The SMILES string of the molecule is O=C(c1ccc(Br)cc1Br)C1CCOC2(CCC2)C1. The first-order chi connectivity index (χ1) is 9.10. The lowest BCUT2D eigenvalue weighted by atomic mass is 9.70. The molecule has 2 aliphatic rings. The van der Waals surface area contributed by atoms with Crippen LogP contribution in [0.4, 0.5) is 0 Å². The number of ether oxygens (including phenoxy) is 1. The number of Topliss-reactive ketones (excluding diaryl/α,β-unsaturated/α-hetero) is 1. The zero-order valence-corrected chi connectivity index (χ0v) is 13.8. The van der Waals surface area contributed by atoms with E-state index in [9.17, 15) is 4.79 Å². The Morgan fingerprint density at radius 3 is 2.74 bits per heavy atom. The summed E-state index contributed by atoms with van der Waals surface area (Å²) in [6, 6.07) is 5.77. The van der Waals surface area contributed by atoms with Crippen molar-refractivity contribution in [2.45, 2.75) is 37.7 Å². The van der Waals surface area contributed by atoms with Crippen LogP contribution < -0.4 is 0 Å². The predicted octanol–water partition coefficient (Wildman–Crippen LogP) is 4.74. The van der Waals surface area contributed by atoms with Crippen molar-refractivity contribution < 1.29 is 9.53 Å². The van der Waals surface area contributed by atoms with Crippen molar-refractivity contribution in [1.29, 1.82) is 0 Å². The summed E-state index contributed by atoms with van der Waals surface area (Å²) in [5.41, 5.74) is 0.824. The zero-order valence-electron chi connectivity index (χ0n) is 10.6. The Labute approximate surface area is 130 Å². The number of rotatable bonds is 2. The van der Waals surface area contributed by atoms with Gasteiger partial charge in [0.05, 0.1) is 5.60 Å². The van der Waals surface area contributed by atoms with E-state index in [0.29, 0.717) is 0 Å². The number of benzene rings is 1. The van der Waals surface area contributed by atoms with E-state index in [0.717, 1.165) is 46.8 Å². The highest BCUT2D eigenvalue weighted by Crippen LogP contribution is 2.45. The molecule has 2 fully saturated rings. The Kier molecular flexibility index (Phi) is 3.84. The van der Waals surface area contributed by atoms with Crippen molar-refractivity contribution in [2.24, 2.45) is 5.92 Å². The van der Waals surface area contributed by atoms with Gasteiger partial charge in [-0.25, -0.2) is 0 Å². The molecule has 0 bridgehead atoms. The van der Waals surface area contributed by atoms with Gasteiger partial charge in [-0.05, 0) is 50.3 Å². The van der Waals surface area contributed by atoms with Gasteiger partial charge in [-0.1, -0.05) is 31.9 Å². The summed E-state index contributed by atoms with van der Waals surface area (Å²) in [6.07, 6.45) is 5.23. The molecular formula is C15H16Br2O2. The molecule has 1 unspecified atom stereocenters. The van der Waals surface area contributed by atoms with Crippen molar-refractivity contribution >= 4 is 37.6 Å². The zero-order chi connectivity index (χ0) is 13.5. The van der Waals surface area contributed by atoms with Gasteiger partial charge < -0.3 is 4.74 Å². The molecule has 1 aliphatic carbocycles. The van der Waals surface area contributed by atoms with E-state index < -0.39 is 0 Å². The minimum absolute atomic E-state index is 0.0282. The lowest BCUT2D eigenvalue weighted by Gasteiger charge is -2.46. The molecule has 1 saturated carbocycles. The molecule has 3 rings (SSSR count). The van der Waals surface area contributed by atoms with Gasteiger partial charge in [-0.15, -0.1) is 0 Å². The van der Waals surface area contributed by atoms with Crippen LogP contribution in [0.1, 0.15) is 42.5 Å². The van der Waals surface area contributed by atoms with Crippen molar-refractivity contribution in [3.63, 3.8) is 0 Å². The second-order valence-electron chi connectivity index (χ2n) is 5.56. The maximum Gasteiger partial charge on any atom is 0.167 e. The van der Waals surface area contributed by atoms with Crippen LogP contribution in [0.5, 0.6) is 0 Å². The fourth-order valence-electron chi connectivity index (χ4n) is 3.08. The van der Waals surface area contributed by atoms with Crippen LogP contribution in [0.25, 0.3) is 0 Å². The molecule has 1 aromatic rings. The summed E-state index contributed by atoms with van der Waals surface area (Å²) < 4.78 is 7.76. The third-order valence-corrected chi connectivity index (χ3v) is 5.47. The van der Waals surface area contributed by atoms with E-state index in [4.69, 9.17) is 4.74 Å². The minimum atomic E-state index is 0.0282. The number of ketones is 1. The molecule has 102 valence electrons. The molecule has 0 radical (unpaired) electrons. The van der Waals surface area contributed by atoms with Crippen molar-refractivity contribution in [3.05, 3.63) is 32.7 Å². The smallest absolute Gasteiger partial charge is 0.167 e. The highest BCUT2D eigenvalue weighted by atomic mass is 79.9. The fourth-order valence-corrected chi connectivity index (χ4v) is 4.32. The van der Waals surface area contributed by atoms with Crippen LogP contribution in [0, 0.1) is 5.92 Å². The van der Waals surface area contributed by atoms with Crippen molar-refractivity contribution in [1.82, 2.24) is 0 Å². The summed E-state index contributed by atoms with van der Waals surface area (Å²) >= 11 is 6.91. The molecule has 0 amide bonds. The van der Waals surface area contributed by atoms with Gasteiger partial charge >= 0.3 is 0 Å². The van der Waals surface area contributed by atoms with Crippen LogP contribution in [-0.4, -0.2) is 18.0 Å². The Hall–Kier alpha value is -0.190. The standard InChI is InChI=1S/C15H16Br2O2/c16-11-2-3-12(13(17)8-11)14(18)10-4-7-19-15(9-10)5-1-6-15/h2-3,8,10H,1,4-7,9H2. The Morgan fingerprint density at radius 2 is 2.11 bits per heavy atom. The van der Waals surface area contributed by atoms with Gasteiger partial charge in [0, 0.05) is 27.0 Å². The number of carbonyl (C=O) groups is 1. The van der Waals surface area contributed by atoms with Crippen LogP contribution in [0.2, 0.25) is 0 Å². The largest absolute Gasteiger partial charge is 0.375 e. The monoisotopic (exact) mass is 386 g/mol.